The van der Waals surface area contributed by atoms with Gasteiger partial charge in [-0.15, -0.1) is 10.2 Å². The molecule has 0 bridgehead atoms. The van der Waals surface area contributed by atoms with Gasteiger partial charge in [-0.2, -0.15) is 5.10 Å². The second-order valence-corrected chi connectivity index (χ2v) is 7.98. The fourth-order valence-corrected chi connectivity index (χ4v) is 4.16. The Morgan fingerprint density at radius 1 is 1.03 bits per heavy atom. The third-order valence-corrected chi connectivity index (χ3v) is 5.84. The van der Waals surface area contributed by atoms with Crippen LogP contribution in [0.5, 0.6) is 0 Å². The minimum absolute atomic E-state index is 0.0694. The summed E-state index contributed by atoms with van der Waals surface area (Å²) in [5.41, 5.74) is 5.21. The Bertz CT molecular complexity index is 1210. The van der Waals surface area contributed by atoms with Crippen LogP contribution in [-0.2, 0) is 33.1 Å². The molecule has 0 radical (unpaired) electrons. The highest BCUT2D eigenvalue weighted by Gasteiger charge is 2.29. The Balaban J connectivity index is 1.36. The van der Waals surface area contributed by atoms with E-state index in [2.05, 4.69) is 27.6 Å². The van der Waals surface area contributed by atoms with Gasteiger partial charge in [-0.3, -0.25) is 4.68 Å². The molecule has 0 saturated heterocycles. The number of rotatable bonds is 5. The van der Waals surface area contributed by atoms with Gasteiger partial charge in [-0.25, -0.2) is 4.79 Å². The monoisotopic (exact) mass is 427 g/mol. The number of amides is 2. The molecule has 0 spiro atoms. The van der Waals surface area contributed by atoms with Gasteiger partial charge in [0.15, 0.2) is 5.82 Å². The highest BCUT2D eigenvalue weighted by molar-refractivity contribution is 5.75. The van der Waals surface area contributed by atoms with Crippen molar-refractivity contribution in [3.63, 3.8) is 0 Å². The average molecular weight is 428 g/mol. The molecule has 1 N–H and O–H groups in total. The molecule has 32 heavy (non-hydrogen) atoms. The van der Waals surface area contributed by atoms with Crippen LogP contribution in [0, 0.1) is 0 Å². The maximum Gasteiger partial charge on any atom is 0.317 e. The minimum Gasteiger partial charge on any atom is -0.334 e. The van der Waals surface area contributed by atoms with Crippen LogP contribution >= 0.6 is 0 Å². The minimum atomic E-state index is -0.0694. The van der Waals surface area contributed by atoms with Crippen LogP contribution in [0.25, 0.3) is 11.5 Å². The Morgan fingerprint density at radius 3 is 2.50 bits per heavy atom. The lowest BCUT2D eigenvalue weighted by molar-refractivity contribution is 0.191. The largest absolute Gasteiger partial charge is 0.334 e. The summed E-state index contributed by atoms with van der Waals surface area (Å²) in [7, 11) is 1.95. The summed E-state index contributed by atoms with van der Waals surface area (Å²) >= 11 is 0. The zero-order valence-electron chi connectivity index (χ0n) is 18.0. The number of hydrogen-bond donors (Lipinski definition) is 1. The summed E-state index contributed by atoms with van der Waals surface area (Å²) < 4.78 is 3.91. The first-order chi connectivity index (χ1) is 15.7. The van der Waals surface area contributed by atoms with Crippen LogP contribution in [0.1, 0.15) is 22.4 Å². The fourth-order valence-electron chi connectivity index (χ4n) is 4.16. The maximum absolute atomic E-state index is 12.8. The van der Waals surface area contributed by atoms with E-state index in [0.29, 0.717) is 26.2 Å². The van der Waals surface area contributed by atoms with Crippen molar-refractivity contribution in [1.29, 1.82) is 0 Å². The highest BCUT2D eigenvalue weighted by Crippen LogP contribution is 2.29. The smallest absolute Gasteiger partial charge is 0.317 e. The van der Waals surface area contributed by atoms with E-state index in [0.717, 1.165) is 34.8 Å². The molecule has 0 saturated carbocycles. The number of nitrogens with one attached hydrogen (secondary N) is 1. The average Bonchev–Trinajstić information content (AvgIpc) is 3.42. The van der Waals surface area contributed by atoms with Crippen molar-refractivity contribution in [3.05, 3.63) is 89.4 Å². The second kappa shape index (κ2) is 8.66. The molecular weight excluding hydrogens is 402 g/mol. The number of aromatic nitrogens is 5. The molecule has 8 heteroatoms. The molecule has 4 aromatic rings. The van der Waals surface area contributed by atoms with Gasteiger partial charge in [0.05, 0.1) is 13.1 Å². The predicted molar refractivity (Wildman–Crippen MR) is 121 cm³/mol. The molecule has 162 valence electrons. The van der Waals surface area contributed by atoms with E-state index in [9.17, 15) is 4.79 Å². The van der Waals surface area contributed by atoms with Crippen molar-refractivity contribution in [2.75, 3.05) is 6.54 Å². The van der Waals surface area contributed by atoms with E-state index >= 15 is 0 Å². The van der Waals surface area contributed by atoms with Gasteiger partial charge >= 0.3 is 6.03 Å². The third kappa shape index (κ3) is 3.99. The van der Waals surface area contributed by atoms with Crippen molar-refractivity contribution in [1.82, 2.24) is 34.8 Å². The van der Waals surface area contributed by atoms with Crippen molar-refractivity contribution >= 4 is 6.03 Å². The molecule has 0 fully saturated rings. The molecular formula is C24H25N7O. The molecule has 2 aromatic carbocycles. The van der Waals surface area contributed by atoms with Crippen LogP contribution in [0.3, 0.4) is 0 Å². The van der Waals surface area contributed by atoms with Gasteiger partial charge in [-0.1, -0.05) is 60.7 Å². The lowest BCUT2D eigenvalue weighted by Gasteiger charge is -2.27. The van der Waals surface area contributed by atoms with Crippen molar-refractivity contribution < 1.29 is 4.79 Å². The van der Waals surface area contributed by atoms with Crippen molar-refractivity contribution in [3.8, 4) is 11.5 Å². The van der Waals surface area contributed by atoms with Crippen molar-refractivity contribution in [2.45, 2.75) is 26.1 Å². The third-order valence-electron chi connectivity index (χ3n) is 5.84. The number of carbonyl (C=O) groups is 1. The molecule has 0 atom stereocenters. The maximum atomic E-state index is 12.8. The molecule has 1 aliphatic rings. The zero-order valence-corrected chi connectivity index (χ0v) is 18.0. The zero-order chi connectivity index (χ0) is 21.9. The lowest BCUT2D eigenvalue weighted by atomic mass is 10.0. The second-order valence-electron chi connectivity index (χ2n) is 7.98. The summed E-state index contributed by atoms with van der Waals surface area (Å²) in [4.78, 5) is 14.7. The summed E-state index contributed by atoms with van der Waals surface area (Å²) in [5, 5.41) is 16.3. The number of urea groups is 1. The van der Waals surface area contributed by atoms with E-state index in [1.165, 1.54) is 5.56 Å². The molecule has 1 aliphatic heterocycles. The molecule has 2 aromatic heterocycles. The molecule has 8 nitrogen and oxygen atoms in total. The van der Waals surface area contributed by atoms with Gasteiger partial charge in [0.1, 0.15) is 12.0 Å². The number of carbonyl (C=O) groups excluding carboxylic acids is 1. The van der Waals surface area contributed by atoms with Crippen molar-refractivity contribution in [2.24, 2.45) is 7.05 Å². The van der Waals surface area contributed by atoms with Crippen LogP contribution in [0.2, 0.25) is 0 Å². The number of aryl methyl sites for hydroxylation is 1. The quantitative estimate of drug-likeness (QED) is 0.531. The number of hydrogen-bond acceptors (Lipinski definition) is 4. The van der Waals surface area contributed by atoms with Crippen LogP contribution < -0.4 is 5.32 Å². The number of nitrogens with zero attached hydrogens (tertiary/aromatic N) is 6. The van der Waals surface area contributed by atoms with E-state index < -0.39 is 0 Å². The van der Waals surface area contributed by atoms with E-state index in [-0.39, 0.29) is 6.03 Å². The summed E-state index contributed by atoms with van der Waals surface area (Å²) in [6.07, 6.45) is 2.49. The fraction of sp³-hybridized carbons (Fsp3) is 0.250. The van der Waals surface area contributed by atoms with E-state index in [4.69, 9.17) is 5.10 Å². The van der Waals surface area contributed by atoms with Crippen LogP contribution in [-0.4, -0.2) is 42.0 Å². The molecule has 0 aliphatic carbocycles. The standard InChI is InChI=1S/C24H25N7O/c1-29-21-12-13-30(24(32)25-14-18-8-4-2-5-9-18)16-20(21)22(28-29)23-27-26-17-31(23)15-19-10-6-3-7-11-19/h2-11,17H,12-16H2,1H3,(H,25,32). The van der Waals surface area contributed by atoms with Gasteiger partial charge in [0.2, 0.25) is 0 Å². The molecule has 3 heterocycles. The molecule has 5 rings (SSSR count). The Morgan fingerprint density at radius 2 is 1.75 bits per heavy atom. The Labute approximate surface area is 186 Å². The number of fused-ring (bicyclic) bond motifs is 1. The summed E-state index contributed by atoms with van der Waals surface area (Å²) in [5.74, 6) is 0.720. The van der Waals surface area contributed by atoms with E-state index in [1.54, 1.807) is 6.33 Å². The summed E-state index contributed by atoms with van der Waals surface area (Å²) in [6.45, 7) is 2.32. The molecule has 2 amide bonds. The first-order valence-corrected chi connectivity index (χ1v) is 10.7. The van der Waals surface area contributed by atoms with Gasteiger partial charge in [0, 0.05) is 37.8 Å². The first-order valence-electron chi connectivity index (χ1n) is 10.7. The highest BCUT2D eigenvalue weighted by atomic mass is 16.2. The first kappa shape index (κ1) is 20.0. The normalized spacial score (nSPS) is 13.1. The Hall–Kier alpha value is -3.94. The lowest BCUT2D eigenvalue weighted by Crippen LogP contribution is -2.42. The predicted octanol–water partition coefficient (Wildman–Crippen LogP) is 2.99. The Kier molecular flexibility index (Phi) is 5.41. The van der Waals surface area contributed by atoms with Gasteiger partial charge < -0.3 is 14.8 Å². The SMILES string of the molecule is Cn1nc(-c2nncn2Cc2ccccc2)c2c1CCN(C(=O)NCc1ccccc1)C2. The summed E-state index contributed by atoms with van der Waals surface area (Å²) in [6, 6.07) is 20.1. The van der Waals surface area contributed by atoms with Gasteiger partial charge in [-0.05, 0) is 11.1 Å². The van der Waals surface area contributed by atoms with Gasteiger partial charge in [0.25, 0.3) is 0 Å². The van der Waals surface area contributed by atoms with Crippen LogP contribution in [0.4, 0.5) is 4.79 Å². The van der Waals surface area contributed by atoms with Crippen LogP contribution in [0.15, 0.2) is 67.0 Å². The molecule has 0 unspecified atom stereocenters. The van der Waals surface area contributed by atoms with E-state index in [1.807, 2.05) is 69.7 Å². The topological polar surface area (TPSA) is 80.9 Å². The number of benzene rings is 2.